The summed E-state index contributed by atoms with van der Waals surface area (Å²) in [5.41, 5.74) is 14.8. The van der Waals surface area contributed by atoms with Crippen LogP contribution in [0.25, 0.3) is 100 Å². The third kappa shape index (κ3) is 5.15. The van der Waals surface area contributed by atoms with Gasteiger partial charge >= 0.3 is 0 Å². The molecule has 0 bridgehead atoms. The lowest BCUT2D eigenvalue weighted by Gasteiger charge is -2.18. The van der Waals surface area contributed by atoms with Gasteiger partial charge in [0.25, 0.3) is 0 Å². The first-order valence-corrected chi connectivity index (χ1v) is 23.3. The third-order valence-corrected chi connectivity index (χ3v) is 16.1. The van der Waals surface area contributed by atoms with Crippen LogP contribution in [0.4, 0.5) is 0 Å². The molecule has 5 heteroatoms. The molecule has 0 atom stereocenters. The van der Waals surface area contributed by atoms with E-state index in [1.54, 1.807) is 0 Å². The van der Waals surface area contributed by atoms with Crippen LogP contribution >= 0.6 is 0 Å². The van der Waals surface area contributed by atoms with Gasteiger partial charge in [-0.15, -0.1) is 0 Å². The lowest BCUT2D eigenvalue weighted by Crippen LogP contribution is -2.49. The van der Waals surface area contributed by atoms with Crippen LogP contribution in [-0.2, 0) is 0 Å². The van der Waals surface area contributed by atoms with E-state index in [0.29, 0.717) is 5.95 Å². The van der Waals surface area contributed by atoms with Crippen LogP contribution in [0.15, 0.2) is 194 Å². The summed E-state index contributed by atoms with van der Waals surface area (Å²) in [6, 6.07) is 70.3. The van der Waals surface area contributed by atoms with Gasteiger partial charge in [-0.05, 0) is 87.2 Å². The number of para-hydroxylation sites is 2. The Morgan fingerprint density at radius 2 is 0.881 bits per heavy atom. The molecular formula is C54H38N4Si. The monoisotopic (exact) mass is 770 g/mol. The van der Waals surface area contributed by atoms with Crippen LogP contribution in [-0.4, -0.2) is 27.2 Å². The van der Waals surface area contributed by atoms with Gasteiger partial charge in [-0.25, -0.2) is 9.97 Å². The molecule has 0 unspecified atom stereocenters. The molecule has 278 valence electrons. The maximum absolute atomic E-state index is 5.24. The third-order valence-electron chi connectivity index (χ3n) is 12.5. The van der Waals surface area contributed by atoms with E-state index >= 15 is 0 Å². The van der Waals surface area contributed by atoms with E-state index in [9.17, 15) is 0 Å². The minimum Gasteiger partial charge on any atom is -0.309 e. The van der Waals surface area contributed by atoms with Crippen molar-refractivity contribution in [2.75, 3.05) is 0 Å². The molecule has 0 spiro atoms. The normalized spacial score (nSPS) is 13.1. The SMILES string of the molecule is C[Si]1(C)c2ccccc2-c2cc3c(cc21)c1cc(-c2ccc4c(c2)c2ccccc2n4-c2nc(-c4ccccc4)cc(-c4ccccc4)n2)ccc1n3-c1ccccc1. The first kappa shape index (κ1) is 33.8. The fraction of sp³-hybridized carbons (Fsp3) is 0.0370. The van der Waals surface area contributed by atoms with Crippen molar-refractivity contribution in [2.45, 2.75) is 13.1 Å². The average Bonchev–Trinajstić information content (AvgIpc) is 3.88. The van der Waals surface area contributed by atoms with E-state index in [2.05, 4.69) is 204 Å². The summed E-state index contributed by atoms with van der Waals surface area (Å²) in [7, 11) is -1.88. The molecule has 1 aliphatic rings. The predicted molar refractivity (Wildman–Crippen MR) is 249 cm³/mol. The lowest BCUT2D eigenvalue weighted by molar-refractivity contribution is 0.995. The highest BCUT2D eigenvalue weighted by Crippen LogP contribution is 2.40. The van der Waals surface area contributed by atoms with E-state index in [-0.39, 0.29) is 0 Å². The number of hydrogen-bond donors (Lipinski definition) is 0. The van der Waals surface area contributed by atoms with Crippen molar-refractivity contribution in [3.05, 3.63) is 194 Å². The van der Waals surface area contributed by atoms with Crippen LogP contribution in [0.1, 0.15) is 0 Å². The Labute approximate surface area is 343 Å². The lowest BCUT2D eigenvalue weighted by atomic mass is 9.99. The second kappa shape index (κ2) is 12.8. The van der Waals surface area contributed by atoms with Crippen molar-refractivity contribution in [2.24, 2.45) is 0 Å². The number of benzene rings is 8. The average molecular weight is 771 g/mol. The van der Waals surface area contributed by atoms with Crippen molar-refractivity contribution in [3.63, 3.8) is 0 Å². The smallest absolute Gasteiger partial charge is 0.235 e. The molecule has 59 heavy (non-hydrogen) atoms. The second-order valence-corrected chi connectivity index (χ2v) is 20.6. The van der Waals surface area contributed by atoms with E-state index in [1.807, 2.05) is 12.1 Å². The maximum atomic E-state index is 5.24. The summed E-state index contributed by atoms with van der Waals surface area (Å²) in [6.45, 7) is 5.00. The van der Waals surface area contributed by atoms with Gasteiger partial charge in [0, 0.05) is 38.4 Å². The van der Waals surface area contributed by atoms with Crippen molar-refractivity contribution < 1.29 is 0 Å². The van der Waals surface area contributed by atoms with Crippen LogP contribution in [0, 0.1) is 0 Å². The first-order chi connectivity index (χ1) is 29.0. The highest BCUT2D eigenvalue weighted by molar-refractivity contribution is 7.04. The van der Waals surface area contributed by atoms with E-state index in [1.165, 1.54) is 70.9 Å². The number of rotatable bonds is 5. The van der Waals surface area contributed by atoms with Gasteiger partial charge in [0.1, 0.15) is 8.07 Å². The van der Waals surface area contributed by atoms with Gasteiger partial charge in [-0.1, -0.05) is 153 Å². The minimum absolute atomic E-state index is 0.653. The Hall–Kier alpha value is -7.34. The largest absolute Gasteiger partial charge is 0.309 e. The van der Waals surface area contributed by atoms with Gasteiger partial charge < -0.3 is 4.57 Å². The molecular weight excluding hydrogens is 733 g/mol. The number of hydrogen-bond acceptors (Lipinski definition) is 2. The van der Waals surface area contributed by atoms with Gasteiger partial charge in [-0.3, -0.25) is 4.57 Å². The Kier molecular flexibility index (Phi) is 7.34. The molecule has 11 aromatic rings. The van der Waals surface area contributed by atoms with Crippen LogP contribution in [0.3, 0.4) is 0 Å². The summed E-state index contributed by atoms with van der Waals surface area (Å²) in [5.74, 6) is 0.653. The zero-order valence-electron chi connectivity index (χ0n) is 32.8. The fourth-order valence-electron chi connectivity index (χ4n) is 9.66. The van der Waals surface area contributed by atoms with Crippen molar-refractivity contribution >= 4 is 62.1 Å². The Balaban J connectivity index is 1.06. The van der Waals surface area contributed by atoms with Gasteiger partial charge in [0.05, 0.1) is 33.5 Å². The maximum Gasteiger partial charge on any atom is 0.235 e. The van der Waals surface area contributed by atoms with Crippen molar-refractivity contribution in [1.29, 1.82) is 0 Å². The van der Waals surface area contributed by atoms with Gasteiger partial charge in [0.15, 0.2) is 0 Å². The zero-order valence-corrected chi connectivity index (χ0v) is 33.8. The standard InChI is InChI=1S/C54H38N4Si/c1-59(2)52-25-15-13-23-41(52)45-32-51-44(33-53(45)59)43-31-38(26-28-49(43)57(51)39-20-10-5-11-21-39)37-27-29-50-42(30-37)40-22-12-14-24-48(40)58(50)54-55-46(35-16-6-3-7-17-35)34-47(56-54)36-18-8-4-9-19-36/h3-34H,1-2H3. The second-order valence-electron chi connectivity index (χ2n) is 16.2. The topological polar surface area (TPSA) is 35.6 Å². The number of nitrogens with zero attached hydrogens (tertiary/aromatic N) is 4. The van der Waals surface area contributed by atoms with Gasteiger partial charge in [-0.2, -0.15) is 0 Å². The Morgan fingerprint density at radius 1 is 0.356 bits per heavy atom. The molecule has 1 aliphatic heterocycles. The van der Waals surface area contributed by atoms with E-state index < -0.39 is 8.07 Å². The molecule has 0 saturated carbocycles. The molecule has 0 fully saturated rings. The number of fused-ring (bicyclic) bond motifs is 9. The molecule has 0 N–H and O–H groups in total. The summed E-state index contributed by atoms with van der Waals surface area (Å²) in [6.07, 6.45) is 0. The Morgan fingerprint density at radius 3 is 1.56 bits per heavy atom. The molecule has 0 radical (unpaired) electrons. The zero-order chi connectivity index (χ0) is 39.2. The van der Waals surface area contributed by atoms with E-state index in [4.69, 9.17) is 9.97 Å². The van der Waals surface area contributed by atoms with Crippen LogP contribution in [0.5, 0.6) is 0 Å². The van der Waals surface area contributed by atoms with Gasteiger partial charge in [0.2, 0.25) is 5.95 Å². The molecule has 0 saturated heterocycles. The Bertz CT molecular complexity index is 3400. The quantitative estimate of drug-likeness (QED) is 0.163. The summed E-state index contributed by atoms with van der Waals surface area (Å²) >= 11 is 0. The van der Waals surface area contributed by atoms with Crippen molar-refractivity contribution in [1.82, 2.24) is 19.1 Å². The van der Waals surface area contributed by atoms with Crippen molar-refractivity contribution in [3.8, 4) is 56.4 Å². The molecule has 0 amide bonds. The first-order valence-electron chi connectivity index (χ1n) is 20.3. The molecule has 4 nitrogen and oxygen atoms in total. The minimum atomic E-state index is -1.88. The van der Waals surface area contributed by atoms with Crippen LogP contribution < -0.4 is 10.4 Å². The molecule has 12 rings (SSSR count). The summed E-state index contributed by atoms with van der Waals surface area (Å²) < 4.78 is 4.68. The summed E-state index contributed by atoms with van der Waals surface area (Å²) in [5, 5.41) is 7.96. The molecule has 8 aromatic carbocycles. The molecule has 0 aliphatic carbocycles. The molecule has 4 heterocycles. The highest BCUT2D eigenvalue weighted by Gasteiger charge is 2.38. The number of aromatic nitrogens is 4. The summed E-state index contributed by atoms with van der Waals surface area (Å²) in [4.78, 5) is 10.5. The van der Waals surface area contributed by atoms with E-state index in [0.717, 1.165) is 33.5 Å². The predicted octanol–water partition coefficient (Wildman–Crippen LogP) is 12.5. The highest BCUT2D eigenvalue weighted by atomic mass is 28.3. The fourth-order valence-corrected chi connectivity index (χ4v) is 12.7. The molecule has 3 aromatic heterocycles. The van der Waals surface area contributed by atoms with Crippen LogP contribution in [0.2, 0.25) is 13.1 Å².